The molecule has 116 valence electrons. The van der Waals surface area contributed by atoms with Gasteiger partial charge in [-0.1, -0.05) is 41.5 Å². The second kappa shape index (κ2) is 7.22. The first-order valence-electron chi connectivity index (χ1n) is 6.13. The molecule has 3 nitrogen and oxygen atoms in total. The number of rotatable bonds is 5. The SMILES string of the molecule is CCCC(NC(=O)c1ccc(Br)cc1C(F)(F)F)C(N)=S. The van der Waals surface area contributed by atoms with E-state index in [-0.39, 0.29) is 9.46 Å². The van der Waals surface area contributed by atoms with Gasteiger partial charge < -0.3 is 11.1 Å². The minimum absolute atomic E-state index is 0.0517. The van der Waals surface area contributed by atoms with Crippen molar-refractivity contribution in [3.05, 3.63) is 33.8 Å². The van der Waals surface area contributed by atoms with E-state index in [1.54, 1.807) is 0 Å². The van der Waals surface area contributed by atoms with E-state index in [1.165, 1.54) is 6.07 Å². The van der Waals surface area contributed by atoms with Gasteiger partial charge in [0.1, 0.15) is 0 Å². The van der Waals surface area contributed by atoms with Crippen molar-refractivity contribution in [2.75, 3.05) is 0 Å². The van der Waals surface area contributed by atoms with Crippen molar-refractivity contribution in [3.8, 4) is 0 Å². The van der Waals surface area contributed by atoms with Crippen LogP contribution in [0.2, 0.25) is 0 Å². The molecule has 8 heteroatoms. The molecule has 1 aromatic rings. The number of amides is 1. The first-order chi connectivity index (χ1) is 9.66. The maximum atomic E-state index is 13.0. The fourth-order valence-corrected chi connectivity index (χ4v) is 2.30. The number of carbonyl (C=O) groups is 1. The Morgan fingerprint density at radius 1 is 1.48 bits per heavy atom. The number of hydrogen-bond acceptors (Lipinski definition) is 2. The van der Waals surface area contributed by atoms with E-state index in [4.69, 9.17) is 18.0 Å². The van der Waals surface area contributed by atoms with Crippen LogP contribution in [-0.2, 0) is 6.18 Å². The summed E-state index contributed by atoms with van der Waals surface area (Å²) >= 11 is 7.78. The summed E-state index contributed by atoms with van der Waals surface area (Å²) in [6.45, 7) is 1.86. The summed E-state index contributed by atoms with van der Waals surface area (Å²) in [5.74, 6) is -0.846. The summed E-state index contributed by atoms with van der Waals surface area (Å²) in [7, 11) is 0. The van der Waals surface area contributed by atoms with Gasteiger partial charge in [-0.15, -0.1) is 0 Å². The van der Waals surface area contributed by atoms with E-state index >= 15 is 0 Å². The highest BCUT2D eigenvalue weighted by molar-refractivity contribution is 9.10. The molecule has 0 aliphatic rings. The molecule has 0 spiro atoms. The van der Waals surface area contributed by atoms with Crippen molar-refractivity contribution in [2.45, 2.75) is 32.0 Å². The Morgan fingerprint density at radius 3 is 2.57 bits per heavy atom. The number of thiocarbonyl (C=S) groups is 1. The number of nitrogens with two attached hydrogens (primary N) is 1. The summed E-state index contributed by atoms with van der Waals surface area (Å²) in [6.07, 6.45) is -3.46. The second-order valence-electron chi connectivity index (χ2n) is 4.40. The van der Waals surface area contributed by atoms with Crippen molar-refractivity contribution >= 4 is 39.0 Å². The van der Waals surface area contributed by atoms with Crippen LogP contribution in [0.4, 0.5) is 13.2 Å². The molecule has 1 aromatic carbocycles. The normalized spacial score (nSPS) is 12.8. The van der Waals surface area contributed by atoms with Gasteiger partial charge in [0.2, 0.25) is 0 Å². The zero-order valence-corrected chi connectivity index (χ0v) is 13.5. The van der Waals surface area contributed by atoms with Gasteiger partial charge in [-0.2, -0.15) is 13.2 Å². The van der Waals surface area contributed by atoms with Crippen LogP contribution < -0.4 is 11.1 Å². The number of benzene rings is 1. The van der Waals surface area contributed by atoms with Crippen LogP contribution >= 0.6 is 28.1 Å². The van der Waals surface area contributed by atoms with E-state index in [1.807, 2.05) is 6.92 Å². The van der Waals surface area contributed by atoms with Crippen molar-refractivity contribution in [2.24, 2.45) is 5.73 Å². The number of nitrogens with one attached hydrogen (secondary N) is 1. The van der Waals surface area contributed by atoms with Crippen LogP contribution in [0, 0.1) is 0 Å². The lowest BCUT2D eigenvalue weighted by Gasteiger charge is -2.19. The molecule has 0 bridgehead atoms. The monoisotopic (exact) mass is 382 g/mol. The van der Waals surface area contributed by atoms with E-state index in [9.17, 15) is 18.0 Å². The van der Waals surface area contributed by atoms with E-state index in [2.05, 4.69) is 21.2 Å². The largest absolute Gasteiger partial charge is 0.417 e. The van der Waals surface area contributed by atoms with Crippen molar-refractivity contribution in [3.63, 3.8) is 0 Å². The van der Waals surface area contributed by atoms with Gasteiger partial charge in [0.05, 0.1) is 22.2 Å². The Kier molecular flexibility index (Phi) is 6.15. The number of alkyl halides is 3. The van der Waals surface area contributed by atoms with Crippen molar-refractivity contribution in [1.29, 1.82) is 0 Å². The standard InChI is InChI=1S/C13H14BrF3N2OS/c1-2-3-10(11(18)21)19-12(20)8-5-4-7(14)6-9(8)13(15,16)17/h4-6,10H,2-3H2,1H3,(H2,18,21)(H,19,20). The van der Waals surface area contributed by atoms with Crippen LogP contribution in [0.1, 0.15) is 35.7 Å². The summed E-state index contributed by atoms with van der Waals surface area (Å²) in [5, 5.41) is 2.45. The third-order valence-electron chi connectivity index (χ3n) is 2.76. The lowest BCUT2D eigenvalue weighted by molar-refractivity contribution is -0.138. The molecule has 0 aromatic heterocycles. The molecule has 0 radical (unpaired) electrons. The van der Waals surface area contributed by atoms with E-state index in [0.717, 1.165) is 12.1 Å². The summed E-state index contributed by atoms with van der Waals surface area (Å²) in [4.78, 5) is 12.1. The molecule has 1 rings (SSSR count). The molecule has 0 fully saturated rings. The number of hydrogen-bond donors (Lipinski definition) is 2. The Hall–Kier alpha value is -1.15. The molecule has 0 aliphatic heterocycles. The highest BCUT2D eigenvalue weighted by Gasteiger charge is 2.35. The zero-order chi connectivity index (χ0) is 16.2. The Morgan fingerprint density at radius 2 is 2.10 bits per heavy atom. The lowest BCUT2D eigenvalue weighted by atomic mass is 10.1. The molecule has 1 unspecified atom stereocenters. The third kappa shape index (κ3) is 4.96. The Labute approximate surface area is 134 Å². The minimum atomic E-state index is -4.63. The average molecular weight is 383 g/mol. The van der Waals surface area contributed by atoms with Crippen LogP contribution in [0.3, 0.4) is 0 Å². The fraction of sp³-hybridized carbons (Fsp3) is 0.385. The highest BCUT2D eigenvalue weighted by Crippen LogP contribution is 2.33. The predicted molar refractivity (Wildman–Crippen MR) is 82.1 cm³/mol. The quantitative estimate of drug-likeness (QED) is 0.764. The molecular formula is C13H14BrF3N2OS. The number of carbonyl (C=O) groups excluding carboxylic acids is 1. The van der Waals surface area contributed by atoms with Gasteiger partial charge in [0.15, 0.2) is 0 Å². The van der Waals surface area contributed by atoms with E-state index in [0.29, 0.717) is 12.8 Å². The summed E-state index contributed by atoms with van der Waals surface area (Å²) in [6, 6.07) is 2.73. The molecule has 1 amide bonds. The summed E-state index contributed by atoms with van der Waals surface area (Å²) in [5.41, 5.74) is 4.02. The van der Waals surface area contributed by atoms with Gasteiger partial charge >= 0.3 is 6.18 Å². The second-order valence-corrected chi connectivity index (χ2v) is 5.79. The van der Waals surface area contributed by atoms with Crippen LogP contribution in [0.5, 0.6) is 0 Å². The topological polar surface area (TPSA) is 55.1 Å². The minimum Gasteiger partial charge on any atom is -0.392 e. The maximum absolute atomic E-state index is 13.0. The highest BCUT2D eigenvalue weighted by atomic mass is 79.9. The molecule has 0 saturated carbocycles. The predicted octanol–water partition coefficient (Wildman–Crippen LogP) is 3.65. The van der Waals surface area contributed by atoms with Gasteiger partial charge in [-0.3, -0.25) is 4.79 Å². The first kappa shape index (κ1) is 17.9. The third-order valence-corrected chi connectivity index (χ3v) is 3.54. The molecule has 21 heavy (non-hydrogen) atoms. The Bertz CT molecular complexity index is 549. The molecule has 3 N–H and O–H groups in total. The Balaban J connectivity index is 3.10. The van der Waals surface area contributed by atoms with Crippen LogP contribution in [-0.4, -0.2) is 16.9 Å². The first-order valence-corrected chi connectivity index (χ1v) is 7.33. The van der Waals surface area contributed by atoms with Crippen LogP contribution in [0.25, 0.3) is 0 Å². The van der Waals surface area contributed by atoms with Crippen molar-refractivity contribution in [1.82, 2.24) is 5.32 Å². The zero-order valence-electron chi connectivity index (χ0n) is 11.1. The maximum Gasteiger partial charge on any atom is 0.417 e. The molecule has 0 heterocycles. The van der Waals surface area contributed by atoms with Gasteiger partial charge in [-0.25, -0.2) is 0 Å². The smallest absolute Gasteiger partial charge is 0.392 e. The fourth-order valence-electron chi connectivity index (χ4n) is 1.76. The van der Waals surface area contributed by atoms with Crippen LogP contribution in [0.15, 0.2) is 22.7 Å². The molecule has 0 saturated heterocycles. The molecule has 0 aliphatic carbocycles. The van der Waals surface area contributed by atoms with Gasteiger partial charge in [0.25, 0.3) is 5.91 Å². The molecular weight excluding hydrogens is 369 g/mol. The van der Waals surface area contributed by atoms with Gasteiger partial charge in [-0.05, 0) is 24.6 Å². The molecule has 1 atom stereocenters. The summed E-state index contributed by atoms with van der Waals surface area (Å²) < 4.78 is 39.2. The number of halogens is 4. The lowest BCUT2D eigenvalue weighted by Crippen LogP contribution is -2.43. The van der Waals surface area contributed by atoms with E-state index < -0.39 is 29.3 Å². The van der Waals surface area contributed by atoms with Crippen molar-refractivity contribution < 1.29 is 18.0 Å². The average Bonchev–Trinajstić information content (AvgIpc) is 2.36. The van der Waals surface area contributed by atoms with Gasteiger partial charge in [0, 0.05) is 4.47 Å².